The van der Waals surface area contributed by atoms with Gasteiger partial charge in [0.2, 0.25) is 0 Å². The van der Waals surface area contributed by atoms with E-state index in [4.69, 9.17) is 9.47 Å². The predicted molar refractivity (Wildman–Crippen MR) is 54.7 cm³/mol. The van der Waals surface area contributed by atoms with E-state index in [-0.39, 0.29) is 10.5 Å². The van der Waals surface area contributed by atoms with Crippen molar-refractivity contribution in [3.63, 3.8) is 0 Å². The Morgan fingerprint density at radius 3 is 2.00 bits per heavy atom. The van der Waals surface area contributed by atoms with Gasteiger partial charge in [0, 0.05) is 7.11 Å². The van der Waals surface area contributed by atoms with Crippen LogP contribution in [-0.4, -0.2) is 24.3 Å². The molecule has 0 saturated carbocycles. The lowest BCUT2D eigenvalue weighted by atomic mass is 10.1. The molecule has 3 heteroatoms. The maximum Gasteiger partial charge on any atom is 0.105 e. The van der Waals surface area contributed by atoms with Gasteiger partial charge in [-0.1, -0.05) is 0 Å². The van der Waals surface area contributed by atoms with E-state index in [9.17, 15) is 0 Å². The molecule has 0 aliphatic rings. The highest BCUT2D eigenvalue weighted by Crippen LogP contribution is 2.18. The molecule has 0 saturated heterocycles. The minimum absolute atomic E-state index is 0.0982. The topological polar surface area (TPSA) is 18.5 Å². The zero-order valence-corrected chi connectivity index (χ0v) is 9.57. The first-order valence-corrected chi connectivity index (χ1v) is 4.63. The molecule has 74 valence electrons. The van der Waals surface area contributed by atoms with Crippen LogP contribution in [-0.2, 0) is 9.47 Å². The van der Waals surface area contributed by atoms with Crippen LogP contribution < -0.4 is 0 Å². The molecule has 0 fully saturated rings. The lowest BCUT2D eigenvalue weighted by molar-refractivity contribution is -0.0270. The molecular weight excluding hydrogens is 172 g/mol. The van der Waals surface area contributed by atoms with Crippen molar-refractivity contribution in [2.45, 2.75) is 44.6 Å². The molecule has 0 N–H and O–H groups in total. The lowest BCUT2D eigenvalue weighted by Gasteiger charge is -2.25. The molecule has 0 amide bonds. The standard InChI is InChI=1S/C9H20O2S/c1-8(2,10-5)6-7-11-9(3,4)12/h12H,6-7H2,1-5H3. The largest absolute Gasteiger partial charge is 0.379 e. The Hall–Kier alpha value is 0.270. The highest BCUT2D eigenvalue weighted by Gasteiger charge is 2.18. The van der Waals surface area contributed by atoms with Gasteiger partial charge in [-0.05, 0) is 34.1 Å². The van der Waals surface area contributed by atoms with Crippen molar-refractivity contribution >= 4 is 12.6 Å². The molecule has 0 bridgehead atoms. The predicted octanol–water partition coefficient (Wildman–Crippen LogP) is 2.48. The van der Waals surface area contributed by atoms with E-state index in [1.54, 1.807) is 7.11 Å². The Bertz CT molecular complexity index is 127. The maximum atomic E-state index is 5.45. The van der Waals surface area contributed by atoms with Crippen LogP contribution in [0.4, 0.5) is 0 Å². The minimum atomic E-state index is -0.343. The SMILES string of the molecule is COC(C)(C)CCOC(C)(C)S. The third kappa shape index (κ3) is 6.95. The van der Waals surface area contributed by atoms with Crippen LogP contribution in [0.15, 0.2) is 0 Å². The molecule has 12 heavy (non-hydrogen) atoms. The zero-order chi connectivity index (χ0) is 9.83. The minimum Gasteiger partial charge on any atom is -0.379 e. The maximum absolute atomic E-state index is 5.45. The molecule has 0 aliphatic heterocycles. The Morgan fingerprint density at radius 2 is 1.67 bits per heavy atom. The number of hydrogen-bond donors (Lipinski definition) is 1. The summed E-state index contributed by atoms with van der Waals surface area (Å²) in [5.74, 6) is 0. The molecule has 0 rings (SSSR count). The molecule has 0 aliphatic carbocycles. The molecule has 0 aromatic heterocycles. The van der Waals surface area contributed by atoms with E-state index >= 15 is 0 Å². The third-order valence-electron chi connectivity index (χ3n) is 1.71. The monoisotopic (exact) mass is 192 g/mol. The molecule has 0 radical (unpaired) electrons. The van der Waals surface area contributed by atoms with Crippen LogP contribution in [0.5, 0.6) is 0 Å². The average molecular weight is 192 g/mol. The summed E-state index contributed by atoms with van der Waals surface area (Å²) >= 11 is 4.25. The summed E-state index contributed by atoms with van der Waals surface area (Å²) in [7, 11) is 1.71. The first kappa shape index (κ1) is 12.3. The van der Waals surface area contributed by atoms with Gasteiger partial charge in [-0.25, -0.2) is 0 Å². The second-order valence-electron chi connectivity index (χ2n) is 4.01. The molecule has 0 unspecified atom stereocenters. The van der Waals surface area contributed by atoms with Gasteiger partial charge < -0.3 is 9.47 Å². The smallest absolute Gasteiger partial charge is 0.105 e. The van der Waals surface area contributed by atoms with Crippen LogP contribution in [0.25, 0.3) is 0 Å². The van der Waals surface area contributed by atoms with Gasteiger partial charge in [0.1, 0.15) is 4.93 Å². The van der Waals surface area contributed by atoms with Crippen molar-refractivity contribution in [3.8, 4) is 0 Å². The summed E-state index contributed by atoms with van der Waals surface area (Å²) in [5.41, 5.74) is -0.0982. The Labute approximate surface area is 81.0 Å². The molecule has 2 nitrogen and oxygen atoms in total. The third-order valence-corrected chi connectivity index (χ3v) is 1.84. The summed E-state index contributed by atoms with van der Waals surface area (Å²) < 4.78 is 10.7. The van der Waals surface area contributed by atoms with Gasteiger partial charge in [0.25, 0.3) is 0 Å². The Balaban J connectivity index is 3.57. The summed E-state index contributed by atoms with van der Waals surface area (Å²) in [6.07, 6.45) is 0.882. The summed E-state index contributed by atoms with van der Waals surface area (Å²) in [4.78, 5) is -0.343. The van der Waals surface area contributed by atoms with Crippen molar-refractivity contribution in [2.75, 3.05) is 13.7 Å². The van der Waals surface area contributed by atoms with E-state index in [0.29, 0.717) is 6.61 Å². The Kier molecular flexibility index (Phi) is 4.59. The van der Waals surface area contributed by atoms with Gasteiger partial charge in [0.15, 0.2) is 0 Å². The summed E-state index contributed by atoms with van der Waals surface area (Å²) in [6.45, 7) is 8.62. The fraction of sp³-hybridized carbons (Fsp3) is 1.00. The van der Waals surface area contributed by atoms with Gasteiger partial charge in [-0.3, -0.25) is 0 Å². The summed E-state index contributed by atoms with van der Waals surface area (Å²) in [5, 5.41) is 0. The van der Waals surface area contributed by atoms with Crippen molar-refractivity contribution in [1.29, 1.82) is 0 Å². The number of methoxy groups -OCH3 is 1. The molecule has 0 atom stereocenters. The first-order chi connectivity index (χ1) is 5.27. The van der Waals surface area contributed by atoms with Crippen LogP contribution in [0.1, 0.15) is 34.1 Å². The van der Waals surface area contributed by atoms with Crippen molar-refractivity contribution in [1.82, 2.24) is 0 Å². The van der Waals surface area contributed by atoms with Crippen LogP contribution in [0, 0.1) is 0 Å². The zero-order valence-electron chi connectivity index (χ0n) is 8.68. The molecule has 0 aromatic rings. The molecule has 0 aromatic carbocycles. The number of ether oxygens (including phenoxy) is 2. The van der Waals surface area contributed by atoms with Crippen molar-refractivity contribution < 1.29 is 9.47 Å². The lowest BCUT2D eigenvalue weighted by Crippen LogP contribution is -2.27. The van der Waals surface area contributed by atoms with Gasteiger partial charge in [-0.15, -0.1) is 12.6 Å². The molecule has 0 heterocycles. The Morgan fingerprint density at radius 1 is 1.17 bits per heavy atom. The van der Waals surface area contributed by atoms with Gasteiger partial charge in [-0.2, -0.15) is 0 Å². The van der Waals surface area contributed by atoms with Crippen molar-refractivity contribution in [2.24, 2.45) is 0 Å². The van der Waals surface area contributed by atoms with Crippen LogP contribution in [0.3, 0.4) is 0 Å². The van der Waals surface area contributed by atoms with E-state index in [1.807, 2.05) is 27.7 Å². The van der Waals surface area contributed by atoms with E-state index in [2.05, 4.69) is 12.6 Å². The number of rotatable bonds is 5. The van der Waals surface area contributed by atoms with Crippen LogP contribution >= 0.6 is 12.6 Å². The van der Waals surface area contributed by atoms with E-state index < -0.39 is 0 Å². The fourth-order valence-electron chi connectivity index (χ4n) is 0.649. The van der Waals surface area contributed by atoms with Gasteiger partial charge in [0.05, 0.1) is 12.2 Å². The molecular formula is C9H20O2S. The summed E-state index contributed by atoms with van der Waals surface area (Å²) in [6, 6.07) is 0. The number of thiol groups is 1. The van der Waals surface area contributed by atoms with Gasteiger partial charge >= 0.3 is 0 Å². The number of hydrogen-bond acceptors (Lipinski definition) is 3. The average Bonchev–Trinajstić information content (AvgIpc) is 1.84. The van der Waals surface area contributed by atoms with E-state index in [1.165, 1.54) is 0 Å². The van der Waals surface area contributed by atoms with E-state index in [0.717, 1.165) is 6.42 Å². The first-order valence-electron chi connectivity index (χ1n) is 4.18. The quantitative estimate of drug-likeness (QED) is 0.533. The fourth-order valence-corrected chi connectivity index (χ4v) is 0.740. The normalized spacial score (nSPS) is 13.5. The van der Waals surface area contributed by atoms with Crippen LogP contribution in [0.2, 0.25) is 0 Å². The highest BCUT2D eigenvalue weighted by molar-refractivity contribution is 7.81. The molecule has 0 spiro atoms. The second-order valence-corrected chi connectivity index (χ2v) is 5.09. The van der Waals surface area contributed by atoms with Crippen molar-refractivity contribution in [3.05, 3.63) is 0 Å². The second kappa shape index (κ2) is 4.49. The highest BCUT2D eigenvalue weighted by atomic mass is 32.1.